The van der Waals surface area contributed by atoms with Gasteiger partial charge in [-0.2, -0.15) is 0 Å². The van der Waals surface area contributed by atoms with Crippen LogP contribution in [0.3, 0.4) is 0 Å². The van der Waals surface area contributed by atoms with Crippen LogP contribution in [0.5, 0.6) is 5.75 Å². The van der Waals surface area contributed by atoms with Crippen LogP contribution in [0.2, 0.25) is 5.02 Å². The van der Waals surface area contributed by atoms with Gasteiger partial charge in [0, 0.05) is 43.9 Å². The number of aromatic hydroxyl groups is 1. The summed E-state index contributed by atoms with van der Waals surface area (Å²) in [7, 11) is 0. The summed E-state index contributed by atoms with van der Waals surface area (Å²) in [6.45, 7) is 0. The van der Waals surface area contributed by atoms with Crippen molar-refractivity contribution in [2.24, 2.45) is 0 Å². The first-order valence-corrected chi connectivity index (χ1v) is 13.8. The zero-order valence-corrected chi connectivity index (χ0v) is 23.0. The third kappa shape index (κ3) is 7.25. The lowest BCUT2D eigenvalue weighted by Gasteiger charge is -2.12. The van der Waals surface area contributed by atoms with Crippen molar-refractivity contribution in [1.29, 1.82) is 0 Å². The van der Waals surface area contributed by atoms with E-state index in [9.17, 15) is 19.5 Å². The molecule has 2 amide bonds. The fraction of sp³-hybridized carbons (Fsp3) is 0.0312. The van der Waals surface area contributed by atoms with Crippen molar-refractivity contribution in [2.45, 2.75) is 10.6 Å². The van der Waals surface area contributed by atoms with E-state index in [1.165, 1.54) is 23.9 Å². The number of fused-ring (bicyclic) bond motifs is 1. The fourth-order valence-corrected chi connectivity index (χ4v) is 4.88. The van der Waals surface area contributed by atoms with E-state index >= 15 is 0 Å². The quantitative estimate of drug-likeness (QED) is 0.105. The topological polar surface area (TPSA) is 109 Å². The lowest BCUT2D eigenvalue weighted by Crippen LogP contribution is -2.30. The van der Waals surface area contributed by atoms with Gasteiger partial charge in [-0.3, -0.25) is 9.59 Å². The highest BCUT2D eigenvalue weighted by Crippen LogP contribution is 2.26. The molecule has 0 atom stereocenters. The second kappa shape index (κ2) is 12.6. The molecule has 0 aliphatic carbocycles. The van der Waals surface area contributed by atoms with Gasteiger partial charge < -0.3 is 20.2 Å². The average molecular weight is 583 g/mol. The van der Waals surface area contributed by atoms with E-state index in [0.29, 0.717) is 38.7 Å². The van der Waals surface area contributed by atoms with Crippen molar-refractivity contribution in [3.8, 4) is 5.75 Å². The molecule has 7 nitrogen and oxygen atoms in total. The summed E-state index contributed by atoms with van der Waals surface area (Å²) >= 11 is 7.43. The predicted octanol–water partition coefficient (Wildman–Crippen LogP) is 6.85. The maximum Gasteiger partial charge on any atom is 0.340 e. The number of anilines is 1. The van der Waals surface area contributed by atoms with Gasteiger partial charge in [0.2, 0.25) is 0 Å². The Morgan fingerprint density at radius 3 is 2.37 bits per heavy atom. The normalized spacial score (nSPS) is 11.3. The summed E-state index contributed by atoms with van der Waals surface area (Å²) in [6, 6.07) is 29.0. The molecule has 0 spiro atoms. The molecule has 204 valence electrons. The number of thioether (sulfide) groups is 1. The van der Waals surface area contributed by atoms with Crippen LogP contribution in [0.25, 0.3) is 17.0 Å². The van der Waals surface area contributed by atoms with Gasteiger partial charge in [0.1, 0.15) is 17.0 Å². The van der Waals surface area contributed by atoms with Crippen LogP contribution in [0.1, 0.15) is 21.5 Å². The predicted molar refractivity (Wildman–Crippen MR) is 162 cm³/mol. The number of benzene rings is 4. The minimum Gasteiger partial charge on any atom is -0.508 e. The Morgan fingerprint density at radius 1 is 0.902 bits per heavy atom. The monoisotopic (exact) mass is 582 g/mol. The van der Waals surface area contributed by atoms with Gasteiger partial charge in [0.05, 0.1) is 0 Å². The van der Waals surface area contributed by atoms with Crippen LogP contribution in [0.4, 0.5) is 5.69 Å². The first kappa shape index (κ1) is 27.8. The SMILES string of the molecule is O=C(Nc1ccc(SCc2cc3ccc(O)cc3oc2=O)cc1)/C(=C/c1ccc(Cl)cc1)NC(=O)c1ccccc1. The smallest absolute Gasteiger partial charge is 0.340 e. The van der Waals surface area contributed by atoms with Crippen LogP contribution in [0.15, 0.2) is 123 Å². The summed E-state index contributed by atoms with van der Waals surface area (Å²) in [4.78, 5) is 39.3. The Morgan fingerprint density at radius 2 is 1.63 bits per heavy atom. The summed E-state index contributed by atoms with van der Waals surface area (Å²) < 4.78 is 5.33. The molecule has 1 heterocycles. The Hall–Kier alpha value is -4.79. The third-order valence-corrected chi connectivity index (χ3v) is 7.32. The number of phenols is 1. The van der Waals surface area contributed by atoms with E-state index in [4.69, 9.17) is 16.0 Å². The zero-order chi connectivity index (χ0) is 28.8. The largest absolute Gasteiger partial charge is 0.508 e. The highest BCUT2D eigenvalue weighted by atomic mass is 35.5. The highest BCUT2D eigenvalue weighted by Gasteiger charge is 2.15. The Kier molecular flexibility index (Phi) is 8.53. The van der Waals surface area contributed by atoms with Gasteiger partial charge in [0.25, 0.3) is 11.8 Å². The molecule has 3 N–H and O–H groups in total. The molecule has 9 heteroatoms. The minimum absolute atomic E-state index is 0.0288. The number of halogens is 1. The number of carbonyl (C=O) groups excluding carboxylic acids is 2. The first-order chi connectivity index (χ1) is 19.8. The van der Waals surface area contributed by atoms with Gasteiger partial charge >= 0.3 is 5.63 Å². The number of phenolic OH excluding ortho intramolecular Hbond substituents is 1. The molecule has 5 rings (SSSR count). The fourth-order valence-electron chi connectivity index (χ4n) is 3.91. The van der Waals surface area contributed by atoms with Gasteiger partial charge in [-0.15, -0.1) is 11.8 Å². The molecule has 0 bridgehead atoms. The molecule has 1 aromatic heterocycles. The van der Waals surface area contributed by atoms with Crippen LogP contribution in [0, 0.1) is 0 Å². The average Bonchev–Trinajstić information content (AvgIpc) is 2.98. The summed E-state index contributed by atoms with van der Waals surface area (Å²) in [5.41, 5.74) is 2.07. The van der Waals surface area contributed by atoms with E-state index < -0.39 is 17.4 Å². The van der Waals surface area contributed by atoms with Crippen LogP contribution in [-0.4, -0.2) is 16.9 Å². The molecular weight excluding hydrogens is 560 g/mol. The second-order valence-corrected chi connectivity index (χ2v) is 10.5. The summed E-state index contributed by atoms with van der Waals surface area (Å²) in [5, 5.41) is 16.4. The Balaban J connectivity index is 1.28. The van der Waals surface area contributed by atoms with Crippen LogP contribution < -0.4 is 16.3 Å². The van der Waals surface area contributed by atoms with Gasteiger partial charge in [-0.1, -0.05) is 41.9 Å². The Bertz CT molecular complexity index is 1800. The van der Waals surface area contributed by atoms with E-state index in [1.54, 1.807) is 84.9 Å². The number of hydrogen-bond acceptors (Lipinski definition) is 6. The molecular formula is C32H23ClN2O5S. The number of nitrogens with one attached hydrogen (secondary N) is 2. The van der Waals surface area contributed by atoms with Gasteiger partial charge in [0.15, 0.2) is 0 Å². The first-order valence-electron chi connectivity index (χ1n) is 12.5. The lowest BCUT2D eigenvalue weighted by atomic mass is 10.1. The van der Waals surface area contributed by atoms with E-state index in [-0.39, 0.29) is 11.4 Å². The molecule has 0 radical (unpaired) electrons. The maximum absolute atomic E-state index is 13.2. The molecule has 0 saturated carbocycles. The van der Waals surface area contributed by atoms with E-state index in [1.807, 2.05) is 12.1 Å². The zero-order valence-electron chi connectivity index (χ0n) is 21.5. The molecule has 0 saturated heterocycles. The summed E-state index contributed by atoms with van der Waals surface area (Å²) in [5.74, 6) is -0.502. The van der Waals surface area contributed by atoms with Crippen molar-refractivity contribution in [3.63, 3.8) is 0 Å². The number of amides is 2. The number of rotatable bonds is 8. The number of carbonyl (C=O) groups is 2. The summed E-state index contributed by atoms with van der Waals surface area (Å²) in [6.07, 6.45) is 1.58. The van der Waals surface area contributed by atoms with Crippen LogP contribution >= 0.6 is 23.4 Å². The van der Waals surface area contributed by atoms with Gasteiger partial charge in [-0.05, 0) is 78.4 Å². The van der Waals surface area contributed by atoms with Crippen molar-refractivity contribution < 1.29 is 19.1 Å². The molecule has 5 aromatic rings. The van der Waals surface area contributed by atoms with Crippen molar-refractivity contribution in [3.05, 3.63) is 141 Å². The van der Waals surface area contributed by atoms with Crippen LogP contribution in [-0.2, 0) is 10.5 Å². The molecule has 0 aliphatic rings. The van der Waals surface area contributed by atoms with Crippen molar-refractivity contribution in [1.82, 2.24) is 5.32 Å². The Labute approximate surface area is 244 Å². The molecule has 4 aromatic carbocycles. The maximum atomic E-state index is 13.2. The molecule has 0 aliphatic heterocycles. The molecule has 0 fully saturated rings. The molecule has 41 heavy (non-hydrogen) atoms. The minimum atomic E-state index is -0.496. The van der Waals surface area contributed by atoms with Crippen molar-refractivity contribution >= 4 is 57.9 Å². The molecule has 0 unspecified atom stereocenters. The second-order valence-electron chi connectivity index (χ2n) is 8.98. The van der Waals surface area contributed by atoms with Gasteiger partial charge in [-0.25, -0.2) is 4.79 Å². The third-order valence-electron chi connectivity index (χ3n) is 6.01. The van der Waals surface area contributed by atoms with E-state index in [2.05, 4.69) is 10.6 Å². The standard InChI is InChI=1S/C32H23ClN2O5S/c33-24-9-6-20(7-10-24)16-28(35-30(37)21-4-2-1-3-5-21)31(38)34-25-11-14-27(15-12-25)41-19-23-17-22-8-13-26(36)18-29(22)40-32(23)39/h1-18,36H,19H2,(H,34,38)(H,35,37)/b28-16-. The van der Waals surface area contributed by atoms with Crippen molar-refractivity contribution in [2.75, 3.05) is 5.32 Å². The number of hydrogen-bond donors (Lipinski definition) is 3. The lowest BCUT2D eigenvalue weighted by molar-refractivity contribution is -0.113. The highest BCUT2D eigenvalue weighted by molar-refractivity contribution is 7.98. The van der Waals surface area contributed by atoms with E-state index in [0.717, 1.165) is 10.3 Å².